The van der Waals surface area contributed by atoms with Crippen LogP contribution in [0.25, 0.3) is 0 Å². The van der Waals surface area contributed by atoms with Crippen molar-refractivity contribution >= 4 is 47.9 Å². The molecule has 0 saturated heterocycles. The Balaban J connectivity index is 1.61. The van der Waals surface area contributed by atoms with Gasteiger partial charge in [0.05, 0.1) is 0 Å². The van der Waals surface area contributed by atoms with E-state index in [-0.39, 0.29) is 0 Å². The Kier molecular flexibility index (Phi) is 6.08. The highest BCUT2D eigenvalue weighted by Crippen LogP contribution is 2.35. The molecule has 1 N–H and O–H groups in total. The Morgan fingerprint density at radius 1 is 0.323 bits per heavy atom. The van der Waals surface area contributed by atoms with Gasteiger partial charge in [0.2, 0.25) is 0 Å². The Labute approximate surface area is 186 Å². The number of hydrogen-bond donors (Lipinski definition) is 1. The molecule has 0 bridgehead atoms. The van der Waals surface area contributed by atoms with Crippen LogP contribution in [-0.4, -0.2) is 4.98 Å². The largest absolute Gasteiger partial charge is 0.354 e. The standard InChI is InChI=1S/C28H23NP2/c1-5-13-23(14-6-1)30(24-15-7-2-8-16-24)27-21-22-28(29-27)31(25-17-9-3-10-18-25)26-19-11-4-12-20-26/h1-22,29H. The molecule has 0 amide bonds. The molecule has 0 unspecified atom stereocenters. The Hall–Kier alpha value is -2.98. The van der Waals surface area contributed by atoms with Gasteiger partial charge in [-0.25, -0.2) is 0 Å². The highest BCUT2D eigenvalue weighted by atomic mass is 31.1. The second-order valence-corrected chi connectivity index (χ2v) is 11.6. The molecule has 31 heavy (non-hydrogen) atoms. The third-order valence-corrected chi connectivity index (χ3v) is 9.94. The monoisotopic (exact) mass is 435 g/mol. The minimum absolute atomic E-state index is 0.633. The zero-order valence-electron chi connectivity index (χ0n) is 17.1. The van der Waals surface area contributed by atoms with Crippen molar-refractivity contribution in [3.8, 4) is 0 Å². The van der Waals surface area contributed by atoms with E-state index < -0.39 is 15.8 Å². The molecule has 1 aromatic heterocycles. The molecule has 0 radical (unpaired) electrons. The minimum Gasteiger partial charge on any atom is -0.354 e. The smallest absolute Gasteiger partial charge is 0.0480 e. The van der Waals surface area contributed by atoms with E-state index in [1.807, 2.05) is 0 Å². The summed E-state index contributed by atoms with van der Waals surface area (Å²) < 4.78 is 0. The lowest BCUT2D eigenvalue weighted by Gasteiger charge is -2.19. The van der Waals surface area contributed by atoms with Gasteiger partial charge in [-0.15, -0.1) is 0 Å². The van der Waals surface area contributed by atoms with Crippen molar-refractivity contribution in [2.45, 2.75) is 0 Å². The average Bonchev–Trinajstić information content (AvgIpc) is 3.31. The summed E-state index contributed by atoms with van der Waals surface area (Å²) in [6.07, 6.45) is 0. The van der Waals surface area contributed by atoms with Gasteiger partial charge in [-0.3, -0.25) is 0 Å². The van der Waals surface area contributed by atoms with Crippen LogP contribution in [0.3, 0.4) is 0 Å². The molecular weight excluding hydrogens is 412 g/mol. The zero-order valence-corrected chi connectivity index (χ0v) is 18.9. The number of rotatable bonds is 6. The summed E-state index contributed by atoms with van der Waals surface area (Å²) in [6, 6.07) is 48.0. The molecule has 0 saturated carbocycles. The zero-order chi connectivity index (χ0) is 20.9. The van der Waals surface area contributed by atoms with E-state index in [2.05, 4.69) is 138 Å². The lowest BCUT2D eigenvalue weighted by atomic mass is 10.4. The van der Waals surface area contributed by atoms with Crippen LogP contribution in [0.1, 0.15) is 0 Å². The Bertz CT molecular complexity index is 1040. The molecule has 1 heterocycles. The van der Waals surface area contributed by atoms with E-state index in [1.54, 1.807) is 0 Å². The maximum absolute atomic E-state index is 3.86. The Morgan fingerprint density at radius 3 is 0.839 bits per heavy atom. The van der Waals surface area contributed by atoms with E-state index in [9.17, 15) is 0 Å². The maximum Gasteiger partial charge on any atom is 0.0480 e. The molecule has 5 rings (SSSR count). The molecule has 0 aliphatic heterocycles. The number of hydrogen-bond acceptors (Lipinski definition) is 0. The second-order valence-electron chi connectivity index (χ2n) is 7.24. The average molecular weight is 435 g/mol. The van der Waals surface area contributed by atoms with Crippen LogP contribution in [-0.2, 0) is 0 Å². The molecule has 0 atom stereocenters. The molecule has 150 valence electrons. The molecule has 5 aromatic rings. The van der Waals surface area contributed by atoms with E-state index in [0.717, 1.165) is 0 Å². The topological polar surface area (TPSA) is 15.8 Å². The van der Waals surface area contributed by atoms with Crippen LogP contribution >= 0.6 is 15.8 Å². The van der Waals surface area contributed by atoms with Gasteiger partial charge in [-0.05, 0) is 33.4 Å². The summed E-state index contributed by atoms with van der Waals surface area (Å²) in [6.45, 7) is 0. The van der Waals surface area contributed by atoms with Crippen LogP contribution < -0.4 is 32.1 Å². The third kappa shape index (κ3) is 4.40. The van der Waals surface area contributed by atoms with E-state index >= 15 is 0 Å². The number of nitrogens with one attached hydrogen (secondary N) is 1. The number of aromatic nitrogens is 1. The van der Waals surface area contributed by atoms with Gasteiger partial charge in [-0.2, -0.15) is 0 Å². The first-order chi connectivity index (χ1) is 15.4. The van der Waals surface area contributed by atoms with Crippen molar-refractivity contribution in [2.75, 3.05) is 0 Å². The lowest BCUT2D eigenvalue weighted by molar-refractivity contribution is 1.54. The van der Waals surface area contributed by atoms with Crippen LogP contribution in [0.2, 0.25) is 0 Å². The molecule has 0 aliphatic rings. The van der Waals surface area contributed by atoms with E-state index in [4.69, 9.17) is 0 Å². The highest BCUT2D eigenvalue weighted by molar-refractivity contribution is 7.81. The molecule has 0 spiro atoms. The maximum atomic E-state index is 3.86. The van der Waals surface area contributed by atoms with Crippen LogP contribution in [0.4, 0.5) is 0 Å². The Morgan fingerprint density at radius 2 is 0.581 bits per heavy atom. The van der Waals surface area contributed by atoms with Crippen molar-refractivity contribution in [3.05, 3.63) is 133 Å². The summed E-state index contributed by atoms with van der Waals surface area (Å²) in [4.78, 5) is 3.86. The molecule has 0 fully saturated rings. The van der Waals surface area contributed by atoms with Crippen molar-refractivity contribution in [1.82, 2.24) is 4.98 Å². The van der Waals surface area contributed by atoms with Gasteiger partial charge in [-0.1, -0.05) is 121 Å². The van der Waals surface area contributed by atoms with Crippen molar-refractivity contribution in [1.29, 1.82) is 0 Å². The van der Waals surface area contributed by atoms with Gasteiger partial charge in [0, 0.05) is 26.7 Å². The lowest BCUT2D eigenvalue weighted by Crippen LogP contribution is -2.25. The van der Waals surface area contributed by atoms with Crippen molar-refractivity contribution in [3.63, 3.8) is 0 Å². The summed E-state index contributed by atoms with van der Waals surface area (Å²) >= 11 is 0. The summed E-state index contributed by atoms with van der Waals surface area (Å²) in [7, 11) is -1.27. The third-order valence-electron chi connectivity index (χ3n) is 5.19. The van der Waals surface area contributed by atoms with Crippen LogP contribution in [0.5, 0.6) is 0 Å². The molecule has 0 aliphatic carbocycles. The van der Waals surface area contributed by atoms with Crippen molar-refractivity contribution < 1.29 is 0 Å². The predicted octanol–water partition coefficient (Wildman–Crippen LogP) is 4.53. The van der Waals surface area contributed by atoms with Gasteiger partial charge < -0.3 is 4.98 Å². The molecule has 4 aromatic carbocycles. The van der Waals surface area contributed by atoms with Gasteiger partial charge in [0.1, 0.15) is 0 Å². The number of H-pyrrole nitrogens is 1. The van der Waals surface area contributed by atoms with Crippen molar-refractivity contribution in [2.24, 2.45) is 0 Å². The molecular formula is C28H23NP2. The summed E-state index contributed by atoms with van der Waals surface area (Å²) in [5.74, 6) is 0. The first kappa shape index (κ1) is 20.0. The fourth-order valence-electron chi connectivity index (χ4n) is 3.80. The first-order valence-electron chi connectivity index (χ1n) is 10.4. The van der Waals surface area contributed by atoms with Gasteiger partial charge >= 0.3 is 0 Å². The van der Waals surface area contributed by atoms with E-state index in [1.165, 1.54) is 32.1 Å². The van der Waals surface area contributed by atoms with Gasteiger partial charge in [0.15, 0.2) is 0 Å². The molecule has 3 heteroatoms. The SMILES string of the molecule is c1ccc(P(c2ccccc2)c2ccc(P(c3ccccc3)c3ccccc3)[nH]2)cc1. The highest BCUT2D eigenvalue weighted by Gasteiger charge is 2.22. The fourth-order valence-corrected chi connectivity index (χ4v) is 8.39. The number of aromatic amines is 1. The normalized spacial score (nSPS) is 11.2. The van der Waals surface area contributed by atoms with E-state index in [0.29, 0.717) is 0 Å². The first-order valence-corrected chi connectivity index (χ1v) is 13.1. The predicted molar refractivity (Wildman–Crippen MR) is 138 cm³/mol. The quantitative estimate of drug-likeness (QED) is 0.377. The fraction of sp³-hybridized carbons (Fsp3) is 0. The van der Waals surface area contributed by atoms with Gasteiger partial charge in [0.25, 0.3) is 0 Å². The summed E-state index contributed by atoms with van der Waals surface area (Å²) in [5, 5.41) is 5.45. The van der Waals surface area contributed by atoms with Crippen LogP contribution in [0.15, 0.2) is 133 Å². The minimum atomic E-state index is -0.633. The molecule has 1 nitrogen and oxygen atoms in total. The summed E-state index contributed by atoms with van der Waals surface area (Å²) in [5.41, 5.74) is 2.59. The second kappa shape index (κ2) is 9.44. The van der Waals surface area contributed by atoms with Crippen LogP contribution in [0, 0.1) is 0 Å². The number of benzene rings is 4.